The summed E-state index contributed by atoms with van der Waals surface area (Å²) in [6.45, 7) is 0. The van der Waals surface area contributed by atoms with Crippen molar-refractivity contribution in [2.45, 2.75) is 12.8 Å². The molecule has 1 saturated heterocycles. The molecule has 6 nitrogen and oxygen atoms in total. The van der Waals surface area contributed by atoms with Crippen molar-refractivity contribution in [2.75, 3.05) is 10.2 Å². The van der Waals surface area contributed by atoms with Crippen LogP contribution in [0, 0.1) is 0 Å². The Morgan fingerprint density at radius 1 is 1.27 bits per heavy atom. The van der Waals surface area contributed by atoms with Gasteiger partial charge in [-0.25, -0.2) is 9.88 Å². The van der Waals surface area contributed by atoms with Gasteiger partial charge in [0.2, 0.25) is 11.8 Å². The van der Waals surface area contributed by atoms with E-state index in [2.05, 4.69) is 10.3 Å². The number of nitrogens with zero attached hydrogens (tertiary/aromatic N) is 2. The average Bonchev–Trinajstić information content (AvgIpc) is 3.11. The second-order valence-electron chi connectivity index (χ2n) is 4.62. The molecule has 1 aromatic carbocycles. The minimum Gasteiger partial charge on any atom is -0.321 e. The molecular formula is C14H10ClN3O3S. The molecule has 0 aliphatic carbocycles. The van der Waals surface area contributed by atoms with Crippen molar-refractivity contribution < 1.29 is 14.4 Å². The van der Waals surface area contributed by atoms with Crippen LogP contribution >= 0.6 is 22.9 Å². The first kappa shape index (κ1) is 14.7. The zero-order chi connectivity index (χ0) is 15.7. The summed E-state index contributed by atoms with van der Waals surface area (Å²) < 4.78 is 0. The van der Waals surface area contributed by atoms with Gasteiger partial charge in [-0.15, -0.1) is 11.3 Å². The zero-order valence-corrected chi connectivity index (χ0v) is 12.8. The molecule has 3 amide bonds. The molecule has 0 saturated carbocycles. The van der Waals surface area contributed by atoms with Crippen molar-refractivity contribution in [1.29, 1.82) is 0 Å². The number of benzene rings is 1. The molecule has 1 fully saturated rings. The SMILES string of the molecule is O=C(Nc1ccc(N2C(=O)CCC2=O)c(Cl)c1)c1cscn1. The van der Waals surface area contributed by atoms with E-state index in [1.807, 2.05) is 0 Å². The molecule has 2 heterocycles. The van der Waals surface area contributed by atoms with Crippen LogP contribution in [0.2, 0.25) is 5.02 Å². The quantitative estimate of drug-likeness (QED) is 0.875. The van der Waals surface area contributed by atoms with E-state index in [1.54, 1.807) is 23.0 Å². The molecule has 1 aliphatic heterocycles. The Kier molecular flexibility index (Phi) is 3.91. The highest BCUT2D eigenvalue weighted by atomic mass is 35.5. The number of nitrogens with one attached hydrogen (secondary N) is 1. The van der Waals surface area contributed by atoms with E-state index in [9.17, 15) is 14.4 Å². The fourth-order valence-corrected chi connectivity index (χ4v) is 2.93. The highest BCUT2D eigenvalue weighted by molar-refractivity contribution is 7.07. The highest BCUT2D eigenvalue weighted by Crippen LogP contribution is 2.32. The molecule has 3 rings (SSSR count). The lowest BCUT2D eigenvalue weighted by atomic mass is 10.2. The van der Waals surface area contributed by atoms with E-state index in [0.29, 0.717) is 17.1 Å². The maximum absolute atomic E-state index is 11.9. The van der Waals surface area contributed by atoms with Crippen LogP contribution in [0.4, 0.5) is 11.4 Å². The molecule has 22 heavy (non-hydrogen) atoms. The van der Waals surface area contributed by atoms with Gasteiger partial charge >= 0.3 is 0 Å². The van der Waals surface area contributed by atoms with Crippen LogP contribution in [0.1, 0.15) is 23.3 Å². The van der Waals surface area contributed by atoms with E-state index >= 15 is 0 Å². The molecule has 0 spiro atoms. The van der Waals surface area contributed by atoms with Crippen LogP contribution in [0.15, 0.2) is 29.1 Å². The van der Waals surface area contributed by atoms with Crippen LogP contribution in [-0.2, 0) is 9.59 Å². The topological polar surface area (TPSA) is 79.4 Å². The number of amides is 3. The summed E-state index contributed by atoms with van der Waals surface area (Å²) >= 11 is 7.46. The number of aromatic nitrogens is 1. The van der Waals surface area contributed by atoms with Gasteiger partial charge in [0.1, 0.15) is 5.69 Å². The van der Waals surface area contributed by atoms with E-state index < -0.39 is 0 Å². The summed E-state index contributed by atoms with van der Waals surface area (Å²) in [5.41, 5.74) is 2.68. The maximum Gasteiger partial charge on any atom is 0.275 e. The van der Waals surface area contributed by atoms with Crippen LogP contribution < -0.4 is 10.2 Å². The van der Waals surface area contributed by atoms with Crippen LogP contribution in [0.3, 0.4) is 0 Å². The number of rotatable bonds is 3. The van der Waals surface area contributed by atoms with Crippen molar-refractivity contribution in [3.8, 4) is 0 Å². The molecule has 0 atom stereocenters. The van der Waals surface area contributed by atoms with Gasteiger partial charge in [-0.1, -0.05) is 11.6 Å². The Bertz CT molecular complexity index is 745. The summed E-state index contributed by atoms with van der Waals surface area (Å²) in [4.78, 5) is 40.3. The Balaban J connectivity index is 1.82. The normalized spacial score (nSPS) is 14.5. The number of anilines is 2. The van der Waals surface area contributed by atoms with Crippen molar-refractivity contribution in [3.05, 3.63) is 39.8 Å². The predicted octanol–water partition coefficient (Wildman–Crippen LogP) is 2.70. The Hall–Kier alpha value is -2.25. The molecule has 8 heteroatoms. The maximum atomic E-state index is 11.9. The van der Waals surface area contributed by atoms with Gasteiger partial charge in [-0.05, 0) is 18.2 Å². The van der Waals surface area contributed by atoms with Crippen molar-refractivity contribution in [2.24, 2.45) is 0 Å². The highest BCUT2D eigenvalue weighted by Gasteiger charge is 2.31. The summed E-state index contributed by atoms with van der Waals surface area (Å²) in [5, 5.41) is 4.51. The number of hydrogen-bond donors (Lipinski definition) is 1. The van der Waals surface area contributed by atoms with Crippen molar-refractivity contribution in [3.63, 3.8) is 0 Å². The lowest BCUT2D eigenvalue weighted by molar-refractivity contribution is -0.121. The first-order chi connectivity index (χ1) is 10.6. The fourth-order valence-electron chi connectivity index (χ4n) is 2.13. The minimum atomic E-state index is -0.349. The summed E-state index contributed by atoms with van der Waals surface area (Å²) in [7, 11) is 0. The molecular weight excluding hydrogens is 326 g/mol. The van der Waals surface area contributed by atoms with Gasteiger partial charge in [-0.2, -0.15) is 0 Å². The first-order valence-corrected chi connectivity index (χ1v) is 7.73. The monoisotopic (exact) mass is 335 g/mol. The smallest absolute Gasteiger partial charge is 0.275 e. The van der Waals surface area contributed by atoms with Gasteiger partial charge in [0.05, 0.1) is 16.2 Å². The van der Waals surface area contributed by atoms with Gasteiger partial charge in [0.15, 0.2) is 0 Å². The van der Waals surface area contributed by atoms with Crippen LogP contribution in [0.25, 0.3) is 0 Å². The molecule has 0 unspecified atom stereocenters. The van der Waals surface area contributed by atoms with E-state index in [-0.39, 0.29) is 35.6 Å². The van der Waals surface area contributed by atoms with Gasteiger partial charge in [-0.3, -0.25) is 14.4 Å². The number of hydrogen-bond acceptors (Lipinski definition) is 5. The van der Waals surface area contributed by atoms with Gasteiger partial charge < -0.3 is 5.32 Å². The third kappa shape index (κ3) is 2.72. The predicted molar refractivity (Wildman–Crippen MR) is 83.2 cm³/mol. The van der Waals surface area contributed by atoms with Crippen LogP contribution in [0.5, 0.6) is 0 Å². The van der Waals surface area contributed by atoms with Crippen molar-refractivity contribution >= 4 is 52.0 Å². The van der Waals surface area contributed by atoms with Gasteiger partial charge in [0, 0.05) is 23.9 Å². The Morgan fingerprint density at radius 2 is 2.00 bits per heavy atom. The second-order valence-corrected chi connectivity index (χ2v) is 5.74. The third-order valence-corrected chi connectivity index (χ3v) is 4.05. The Labute approximate surface area is 134 Å². The Morgan fingerprint density at radius 3 is 2.59 bits per heavy atom. The molecule has 1 N–H and O–H groups in total. The molecule has 1 aromatic heterocycles. The third-order valence-electron chi connectivity index (χ3n) is 3.16. The zero-order valence-electron chi connectivity index (χ0n) is 11.2. The lowest BCUT2D eigenvalue weighted by Gasteiger charge is -2.16. The van der Waals surface area contributed by atoms with E-state index in [0.717, 1.165) is 4.90 Å². The fraction of sp³-hybridized carbons (Fsp3) is 0.143. The second kappa shape index (κ2) is 5.86. The number of carbonyl (C=O) groups is 3. The molecule has 2 aromatic rings. The summed E-state index contributed by atoms with van der Waals surface area (Å²) in [6.07, 6.45) is 0.384. The summed E-state index contributed by atoms with van der Waals surface area (Å²) in [5.74, 6) is -0.893. The van der Waals surface area contributed by atoms with Crippen molar-refractivity contribution in [1.82, 2.24) is 4.98 Å². The molecule has 112 valence electrons. The minimum absolute atomic E-state index is 0.192. The van der Waals surface area contributed by atoms with Crippen LogP contribution in [-0.4, -0.2) is 22.7 Å². The number of thiazole rings is 1. The average molecular weight is 336 g/mol. The van der Waals surface area contributed by atoms with Gasteiger partial charge in [0.25, 0.3) is 5.91 Å². The standard InChI is InChI=1S/C14H10ClN3O3S/c15-9-5-8(17-14(21)10-6-22-7-16-10)1-2-11(9)18-12(19)3-4-13(18)20/h1-2,5-7H,3-4H2,(H,17,21). The first-order valence-electron chi connectivity index (χ1n) is 6.41. The molecule has 0 radical (unpaired) electrons. The lowest BCUT2D eigenvalue weighted by Crippen LogP contribution is -2.28. The number of imide groups is 1. The number of halogens is 1. The number of carbonyl (C=O) groups excluding carboxylic acids is 3. The largest absolute Gasteiger partial charge is 0.321 e. The summed E-state index contributed by atoms with van der Waals surface area (Å²) in [6, 6.07) is 4.63. The molecule has 0 bridgehead atoms. The van der Waals surface area contributed by atoms with E-state index in [4.69, 9.17) is 11.6 Å². The van der Waals surface area contributed by atoms with E-state index in [1.165, 1.54) is 17.4 Å². The molecule has 1 aliphatic rings.